The van der Waals surface area contributed by atoms with Crippen LogP contribution in [0.3, 0.4) is 0 Å². The number of hydrogen-bond acceptors (Lipinski definition) is 6. The Labute approximate surface area is 159 Å². The van der Waals surface area contributed by atoms with E-state index in [2.05, 4.69) is 20.3 Å². The standard InChI is InChI=1S/C20H25N5O2/c1-15-3-9-21-14-17(15)18(26)25-10-5-20(6-11-25)13-16(4-12-27-20)24-19-22-7-2-8-23-19/h2-3,7-9,14,16H,4-6,10-13H2,1H3,(H,22,23,24)/t16-/m0/s1. The quantitative estimate of drug-likeness (QED) is 0.898. The maximum absolute atomic E-state index is 12.8. The number of ether oxygens (including phenoxy) is 1. The average molecular weight is 367 g/mol. The monoisotopic (exact) mass is 367 g/mol. The van der Waals surface area contributed by atoms with Gasteiger partial charge < -0.3 is 15.0 Å². The summed E-state index contributed by atoms with van der Waals surface area (Å²) in [5.41, 5.74) is 1.50. The summed E-state index contributed by atoms with van der Waals surface area (Å²) in [6.45, 7) is 4.09. The average Bonchev–Trinajstić information content (AvgIpc) is 2.69. The van der Waals surface area contributed by atoms with E-state index in [4.69, 9.17) is 4.74 Å². The lowest BCUT2D eigenvalue weighted by atomic mass is 9.82. The van der Waals surface area contributed by atoms with E-state index in [1.807, 2.05) is 24.0 Å². The van der Waals surface area contributed by atoms with Gasteiger partial charge in [-0.05, 0) is 50.3 Å². The summed E-state index contributed by atoms with van der Waals surface area (Å²) in [5.74, 6) is 0.734. The smallest absolute Gasteiger partial charge is 0.255 e. The number of aromatic nitrogens is 3. The molecular formula is C20H25N5O2. The summed E-state index contributed by atoms with van der Waals surface area (Å²) in [6, 6.07) is 3.99. The molecule has 7 heteroatoms. The lowest BCUT2D eigenvalue weighted by molar-refractivity contribution is -0.110. The van der Waals surface area contributed by atoms with Crippen molar-refractivity contribution in [1.29, 1.82) is 0 Å². The Hall–Kier alpha value is -2.54. The molecule has 4 rings (SSSR count). The molecule has 7 nitrogen and oxygen atoms in total. The second-order valence-corrected chi connectivity index (χ2v) is 7.42. The van der Waals surface area contributed by atoms with Gasteiger partial charge in [0.2, 0.25) is 5.95 Å². The van der Waals surface area contributed by atoms with E-state index in [0.717, 1.165) is 37.9 Å². The molecule has 2 aromatic heterocycles. The van der Waals surface area contributed by atoms with E-state index >= 15 is 0 Å². The third kappa shape index (κ3) is 3.93. The van der Waals surface area contributed by atoms with Gasteiger partial charge in [-0.15, -0.1) is 0 Å². The van der Waals surface area contributed by atoms with Gasteiger partial charge in [0.1, 0.15) is 0 Å². The van der Waals surface area contributed by atoms with Gasteiger partial charge in [-0.1, -0.05) is 0 Å². The molecule has 0 bridgehead atoms. The maximum Gasteiger partial charge on any atom is 0.255 e. The summed E-state index contributed by atoms with van der Waals surface area (Å²) in [5, 5.41) is 3.43. The highest BCUT2D eigenvalue weighted by molar-refractivity contribution is 5.95. The van der Waals surface area contributed by atoms with Crippen molar-refractivity contribution in [3.05, 3.63) is 48.0 Å². The first-order chi connectivity index (χ1) is 13.2. The molecule has 0 radical (unpaired) electrons. The number of anilines is 1. The zero-order chi connectivity index (χ0) is 18.7. The summed E-state index contributed by atoms with van der Waals surface area (Å²) in [4.78, 5) is 27.4. The van der Waals surface area contributed by atoms with Crippen LogP contribution in [-0.2, 0) is 4.74 Å². The number of likely N-dealkylation sites (tertiary alicyclic amines) is 1. The Morgan fingerprint density at radius 2 is 2.04 bits per heavy atom. The highest BCUT2D eigenvalue weighted by Gasteiger charge is 2.41. The third-order valence-electron chi connectivity index (χ3n) is 5.62. The first-order valence-electron chi connectivity index (χ1n) is 9.53. The van der Waals surface area contributed by atoms with E-state index < -0.39 is 0 Å². The van der Waals surface area contributed by atoms with Gasteiger partial charge >= 0.3 is 0 Å². The van der Waals surface area contributed by atoms with Crippen molar-refractivity contribution >= 4 is 11.9 Å². The fourth-order valence-electron chi connectivity index (χ4n) is 4.03. The van der Waals surface area contributed by atoms with Crippen LogP contribution in [0.5, 0.6) is 0 Å². The summed E-state index contributed by atoms with van der Waals surface area (Å²) >= 11 is 0. The van der Waals surface area contributed by atoms with Crippen LogP contribution in [0.25, 0.3) is 0 Å². The van der Waals surface area contributed by atoms with E-state index in [1.54, 1.807) is 24.8 Å². The number of aryl methyl sites for hydroxylation is 1. The van der Waals surface area contributed by atoms with Gasteiger partial charge in [0.25, 0.3) is 5.91 Å². The molecule has 4 heterocycles. The molecule has 0 unspecified atom stereocenters. The molecule has 0 saturated carbocycles. The van der Waals surface area contributed by atoms with Crippen LogP contribution >= 0.6 is 0 Å². The number of nitrogens with zero attached hydrogens (tertiary/aromatic N) is 4. The van der Waals surface area contributed by atoms with E-state index in [1.165, 1.54) is 0 Å². The van der Waals surface area contributed by atoms with E-state index in [-0.39, 0.29) is 11.5 Å². The van der Waals surface area contributed by atoms with Crippen LogP contribution < -0.4 is 5.32 Å². The molecule has 0 aliphatic carbocycles. The first-order valence-corrected chi connectivity index (χ1v) is 9.53. The molecule has 2 aliphatic rings. The Morgan fingerprint density at radius 1 is 1.26 bits per heavy atom. The lowest BCUT2D eigenvalue weighted by Gasteiger charge is -2.46. The highest BCUT2D eigenvalue weighted by atomic mass is 16.5. The number of rotatable bonds is 3. The molecule has 142 valence electrons. The number of amides is 1. The van der Waals surface area contributed by atoms with Crippen molar-refractivity contribution in [2.45, 2.75) is 44.2 Å². The molecule has 2 saturated heterocycles. The molecule has 0 aromatic carbocycles. The van der Waals surface area contributed by atoms with Crippen molar-refractivity contribution in [2.24, 2.45) is 0 Å². The summed E-state index contributed by atoms with van der Waals surface area (Å²) in [7, 11) is 0. The minimum absolute atomic E-state index is 0.0682. The minimum atomic E-state index is -0.161. The fraction of sp³-hybridized carbons (Fsp3) is 0.500. The van der Waals surface area contributed by atoms with Crippen LogP contribution in [0.1, 0.15) is 41.6 Å². The molecule has 27 heavy (non-hydrogen) atoms. The fourth-order valence-corrected chi connectivity index (χ4v) is 4.03. The van der Waals surface area contributed by atoms with Crippen LogP contribution in [-0.4, -0.2) is 57.1 Å². The molecule has 2 aliphatic heterocycles. The Balaban J connectivity index is 1.37. The largest absolute Gasteiger partial charge is 0.375 e. The number of piperidine rings is 1. The van der Waals surface area contributed by atoms with Gasteiger partial charge in [-0.2, -0.15) is 0 Å². The molecule has 1 N–H and O–H groups in total. The Bertz CT molecular complexity index is 790. The number of carbonyl (C=O) groups is 1. The van der Waals surface area contributed by atoms with Crippen molar-refractivity contribution in [3.63, 3.8) is 0 Å². The molecule has 2 aromatic rings. The third-order valence-corrected chi connectivity index (χ3v) is 5.62. The zero-order valence-electron chi connectivity index (χ0n) is 15.6. The summed E-state index contributed by atoms with van der Waals surface area (Å²) < 4.78 is 6.20. The van der Waals surface area contributed by atoms with Gasteiger partial charge in [0, 0.05) is 50.5 Å². The van der Waals surface area contributed by atoms with Crippen LogP contribution in [0.4, 0.5) is 5.95 Å². The van der Waals surface area contributed by atoms with Crippen LogP contribution in [0.15, 0.2) is 36.9 Å². The van der Waals surface area contributed by atoms with Crippen LogP contribution in [0, 0.1) is 6.92 Å². The SMILES string of the molecule is Cc1ccncc1C(=O)N1CCC2(CC1)C[C@@H](Nc1ncccn1)CCO2. The zero-order valence-corrected chi connectivity index (χ0v) is 15.6. The Morgan fingerprint density at radius 3 is 2.78 bits per heavy atom. The highest BCUT2D eigenvalue weighted by Crippen LogP contribution is 2.36. The van der Waals surface area contributed by atoms with Crippen molar-refractivity contribution < 1.29 is 9.53 Å². The predicted molar refractivity (Wildman–Crippen MR) is 101 cm³/mol. The topological polar surface area (TPSA) is 80.2 Å². The first kappa shape index (κ1) is 17.9. The number of carbonyl (C=O) groups excluding carboxylic acids is 1. The van der Waals surface area contributed by atoms with E-state index in [0.29, 0.717) is 30.6 Å². The normalized spacial score (nSPS) is 21.8. The Kier molecular flexibility index (Phi) is 5.03. The number of pyridine rings is 1. The van der Waals surface area contributed by atoms with Crippen molar-refractivity contribution in [2.75, 3.05) is 25.0 Å². The van der Waals surface area contributed by atoms with Crippen molar-refractivity contribution in [3.8, 4) is 0 Å². The van der Waals surface area contributed by atoms with Gasteiger partial charge in [0.15, 0.2) is 0 Å². The van der Waals surface area contributed by atoms with Crippen LogP contribution in [0.2, 0.25) is 0 Å². The minimum Gasteiger partial charge on any atom is -0.375 e. The second-order valence-electron chi connectivity index (χ2n) is 7.42. The lowest BCUT2D eigenvalue weighted by Crippen LogP contribution is -2.52. The molecule has 2 fully saturated rings. The number of hydrogen-bond donors (Lipinski definition) is 1. The molecule has 1 amide bonds. The molecule has 1 atom stereocenters. The summed E-state index contributed by atoms with van der Waals surface area (Å²) in [6.07, 6.45) is 10.4. The molecule has 1 spiro atoms. The van der Waals surface area contributed by atoms with Gasteiger partial charge in [0.05, 0.1) is 11.2 Å². The van der Waals surface area contributed by atoms with Gasteiger partial charge in [-0.25, -0.2) is 9.97 Å². The maximum atomic E-state index is 12.8. The van der Waals surface area contributed by atoms with Crippen molar-refractivity contribution in [1.82, 2.24) is 19.9 Å². The predicted octanol–water partition coefficient (Wildman–Crippen LogP) is 2.45. The number of nitrogens with one attached hydrogen (secondary N) is 1. The van der Waals surface area contributed by atoms with E-state index in [9.17, 15) is 4.79 Å². The second kappa shape index (κ2) is 7.60. The van der Waals surface area contributed by atoms with Gasteiger partial charge in [-0.3, -0.25) is 9.78 Å². The molecular weight excluding hydrogens is 342 g/mol.